The SMILES string of the molecule is CCCCc1nc2ccc(Br)cc2c(=O)n1N=Cc1ccc(OC)c(C)c1OC. The molecule has 0 N–H and O–H groups in total. The lowest BCUT2D eigenvalue weighted by Gasteiger charge is -2.12. The van der Waals surface area contributed by atoms with E-state index in [9.17, 15) is 4.79 Å². The molecular weight excluding hydrogens is 434 g/mol. The third-order valence-electron chi connectivity index (χ3n) is 4.75. The molecule has 29 heavy (non-hydrogen) atoms. The lowest BCUT2D eigenvalue weighted by molar-refractivity contribution is 0.388. The molecule has 152 valence electrons. The molecule has 0 amide bonds. The Kier molecular flexibility index (Phi) is 6.69. The Morgan fingerprint density at radius 3 is 2.69 bits per heavy atom. The monoisotopic (exact) mass is 457 g/mol. The van der Waals surface area contributed by atoms with Gasteiger partial charge in [0.05, 0.1) is 31.3 Å². The van der Waals surface area contributed by atoms with E-state index in [2.05, 4.69) is 28.0 Å². The zero-order chi connectivity index (χ0) is 21.0. The van der Waals surface area contributed by atoms with E-state index in [1.807, 2.05) is 31.2 Å². The van der Waals surface area contributed by atoms with Crippen molar-refractivity contribution in [2.45, 2.75) is 33.1 Å². The van der Waals surface area contributed by atoms with Gasteiger partial charge in [-0.2, -0.15) is 9.78 Å². The van der Waals surface area contributed by atoms with Crippen molar-refractivity contribution in [2.24, 2.45) is 5.10 Å². The van der Waals surface area contributed by atoms with Crippen LogP contribution in [0.1, 0.15) is 36.7 Å². The molecule has 0 fully saturated rings. The van der Waals surface area contributed by atoms with E-state index in [0.29, 0.717) is 28.9 Å². The molecule has 0 aliphatic carbocycles. The molecule has 2 aromatic carbocycles. The van der Waals surface area contributed by atoms with Gasteiger partial charge in [-0.15, -0.1) is 0 Å². The lowest BCUT2D eigenvalue weighted by atomic mass is 10.1. The van der Waals surface area contributed by atoms with Crippen LogP contribution in [0.5, 0.6) is 11.5 Å². The Bertz CT molecular complexity index is 1120. The Labute approximate surface area is 178 Å². The number of halogens is 1. The maximum absolute atomic E-state index is 13.1. The quantitative estimate of drug-likeness (QED) is 0.481. The Hall–Kier alpha value is -2.67. The molecule has 6 nitrogen and oxygen atoms in total. The second kappa shape index (κ2) is 9.22. The van der Waals surface area contributed by atoms with Crippen LogP contribution in [0.3, 0.4) is 0 Å². The number of fused-ring (bicyclic) bond motifs is 1. The number of hydrogen-bond donors (Lipinski definition) is 0. The van der Waals surface area contributed by atoms with Crippen molar-refractivity contribution >= 4 is 33.0 Å². The molecule has 0 unspecified atom stereocenters. The van der Waals surface area contributed by atoms with E-state index in [0.717, 1.165) is 34.2 Å². The van der Waals surface area contributed by atoms with Gasteiger partial charge in [0.25, 0.3) is 5.56 Å². The van der Waals surface area contributed by atoms with Gasteiger partial charge in [-0.3, -0.25) is 4.79 Å². The number of aryl methyl sites for hydroxylation is 1. The van der Waals surface area contributed by atoms with Gasteiger partial charge in [0, 0.05) is 22.0 Å². The summed E-state index contributed by atoms with van der Waals surface area (Å²) in [5.41, 5.74) is 2.11. The summed E-state index contributed by atoms with van der Waals surface area (Å²) in [6.07, 6.45) is 4.24. The molecule has 1 heterocycles. The molecule has 0 atom stereocenters. The fourth-order valence-corrected chi connectivity index (χ4v) is 3.58. The van der Waals surface area contributed by atoms with Crippen molar-refractivity contribution < 1.29 is 9.47 Å². The Morgan fingerprint density at radius 1 is 1.21 bits per heavy atom. The van der Waals surface area contributed by atoms with Gasteiger partial charge in [0.15, 0.2) is 0 Å². The fourth-order valence-electron chi connectivity index (χ4n) is 3.22. The third-order valence-corrected chi connectivity index (χ3v) is 5.25. The molecule has 0 radical (unpaired) electrons. The molecule has 0 bridgehead atoms. The number of ether oxygens (including phenoxy) is 2. The van der Waals surface area contributed by atoms with E-state index in [-0.39, 0.29) is 5.56 Å². The minimum Gasteiger partial charge on any atom is -0.496 e. The first-order valence-electron chi connectivity index (χ1n) is 9.47. The molecule has 3 rings (SSSR count). The first-order chi connectivity index (χ1) is 14.0. The number of hydrogen-bond acceptors (Lipinski definition) is 5. The summed E-state index contributed by atoms with van der Waals surface area (Å²) in [7, 11) is 3.22. The maximum Gasteiger partial charge on any atom is 0.282 e. The van der Waals surface area contributed by atoms with Crippen molar-refractivity contribution in [3.05, 3.63) is 62.1 Å². The summed E-state index contributed by atoms with van der Waals surface area (Å²) in [6.45, 7) is 4.03. The average molecular weight is 458 g/mol. The van der Waals surface area contributed by atoms with E-state index < -0.39 is 0 Å². The number of aromatic nitrogens is 2. The van der Waals surface area contributed by atoms with Gasteiger partial charge in [-0.25, -0.2) is 4.98 Å². The molecular formula is C22H24BrN3O3. The Balaban J connectivity index is 2.15. The first-order valence-corrected chi connectivity index (χ1v) is 10.3. The lowest BCUT2D eigenvalue weighted by Crippen LogP contribution is -2.22. The van der Waals surface area contributed by atoms with Crippen LogP contribution in [0.2, 0.25) is 0 Å². The molecule has 0 saturated carbocycles. The molecule has 0 aliphatic rings. The van der Waals surface area contributed by atoms with E-state index in [1.165, 1.54) is 4.68 Å². The van der Waals surface area contributed by atoms with Crippen LogP contribution in [0.4, 0.5) is 0 Å². The molecule has 3 aromatic rings. The topological polar surface area (TPSA) is 65.7 Å². The molecule has 0 saturated heterocycles. The van der Waals surface area contributed by atoms with Crippen LogP contribution in [-0.2, 0) is 6.42 Å². The zero-order valence-corrected chi connectivity index (χ0v) is 18.6. The number of unbranched alkanes of at least 4 members (excludes halogenated alkanes) is 1. The maximum atomic E-state index is 13.1. The summed E-state index contributed by atoms with van der Waals surface area (Å²) in [6, 6.07) is 9.22. The number of rotatable bonds is 7. The molecule has 0 spiro atoms. The zero-order valence-electron chi connectivity index (χ0n) is 17.0. The smallest absolute Gasteiger partial charge is 0.282 e. The fraction of sp³-hybridized carbons (Fsp3) is 0.318. The largest absolute Gasteiger partial charge is 0.496 e. The van der Waals surface area contributed by atoms with Gasteiger partial charge >= 0.3 is 0 Å². The van der Waals surface area contributed by atoms with E-state index in [1.54, 1.807) is 26.5 Å². The minimum absolute atomic E-state index is 0.192. The van der Waals surface area contributed by atoms with Gasteiger partial charge in [0.2, 0.25) is 0 Å². The van der Waals surface area contributed by atoms with Crippen molar-refractivity contribution in [1.82, 2.24) is 9.66 Å². The third kappa shape index (κ3) is 4.34. The van der Waals surface area contributed by atoms with Crippen molar-refractivity contribution in [2.75, 3.05) is 14.2 Å². The van der Waals surface area contributed by atoms with Crippen LogP contribution in [0.15, 0.2) is 44.7 Å². The predicted octanol–water partition coefficient (Wildman–Crippen LogP) is 4.71. The first kappa shape index (κ1) is 21.0. The highest BCUT2D eigenvalue weighted by atomic mass is 79.9. The summed E-state index contributed by atoms with van der Waals surface area (Å²) in [4.78, 5) is 17.8. The van der Waals surface area contributed by atoms with Crippen LogP contribution < -0.4 is 15.0 Å². The highest BCUT2D eigenvalue weighted by Crippen LogP contribution is 2.30. The van der Waals surface area contributed by atoms with Gasteiger partial charge < -0.3 is 9.47 Å². The standard InChI is InChI=1S/C22H24BrN3O3/c1-5-6-7-20-25-18-10-9-16(23)12-17(18)22(27)26(20)24-13-15-8-11-19(28-3)14(2)21(15)29-4/h8-13H,5-7H2,1-4H3. The minimum atomic E-state index is -0.192. The number of benzene rings is 2. The summed E-state index contributed by atoms with van der Waals surface area (Å²) in [5.74, 6) is 2.04. The normalized spacial score (nSPS) is 11.3. The van der Waals surface area contributed by atoms with Crippen LogP contribution in [0, 0.1) is 6.92 Å². The van der Waals surface area contributed by atoms with Gasteiger partial charge in [-0.1, -0.05) is 29.3 Å². The highest BCUT2D eigenvalue weighted by Gasteiger charge is 2.13. The molecule has 1 aromatic heterocycles. The number of nitrogens with zero attached hydrogens (tertiary/aromatic N) is 3. The van der Waals surface area contributed by atoms with Crippen LogP contribution in [0.25, 0.3) is 10.9 Å². The molecule has 0 aliphatic heterocycles. The summed E-state index contributed by atoms with van der Waals surface area (Å²) >= 11 is 3.42. The number of methoxy groups -OCH3 is 2. The average Bonchev–Trinajstić information content (AvgIpc) is 2.72. The van der Waals surface area contributed by atoms with E-state index in [4.69, 9.17) is 14.5 Å². The van der Waals surface area contributed by atoms with Crippen LogP contribution in [-0.4, -0.2) is 30.1 Å². The second-order valence-corrected chi connectivity index (χ2v) is 7.59. The highest BCUT2D eigenvalue weighted by molar-refractivity contribution is 9.10. The predicted molar refractivity (Wildman–Crippen MR) is 120 cm³/mol. The van der Waals surface area contributed by atoms with Crippen molar-refractivity contribution in [1.29, 1.82) is 0 Å². The van der Waals surface area contributed by atoms with E-state index >= 15 is 0 Å². The van der Waals surface area contributed by atoms with Crippen molar-refractivity contribution in [3.8, 4) is 11.5 Å². The Morgan fingerprint density at radius 2 is 2.00 bits per heavy atom. The second-order valence-electron chi connectivity index (χ2n) is 6.67. The van der Waals surface area contributed by atoms with Gasteiger partial charge in [-0.05, 0) is 43.7 Å². The molecule has 7 heteroatoms. The van der Waals surface area contributed by atoms with Gasteiger partial charge in [0.1, 0.15) is 17.3 Å². The summed E-state index contributed by atoms with van der Waals surface area (Å²) in [5, 5.41) is 5.02. The summed E-state index contributed by atoms with van der Waals surface area (Å²) < 4.78 is 13.1. The van der Waals surface area contributed by atoms with Crippen molar-refractivity contribution in [3.63, 3.8) is 0 Å². The van der Waals surface area contributed by atoms with Crippen LogP contribution >= 0.6 is 15.9 Å².